The molecule has 4 aliphatic carbocycles. The Morgan fingerprint density at radius 1 is 1.03 bits per heavy atom. The first kappa shape index (κ1) is 21.1. The molecular formula is C27H42O4. The van der Waals surface area contributed by atoms with Gasteiger partial charge in [-0.05, 0) is 73.5 Å². The lowest BCUT2D eigenvalue weighted by molar-refractivity contribution is -0.272. The van der Waals surface area contributed by atoms with E-state index in [0.717, 1.165) is 32.3 Å². The lowest BCUT2D eigenvalue weighted by Crippen LogP contribution is -2.56. The number of hydrogen-bond acceptors (Lipinski definition) is 4. The molecule has 3 unspecified atom stereocenters. The molecule has 2 saturated heterocycles. The molecule has 0 bridgehead atoms. The van der Waals surface area contributed by atoms with Gasteiger partial charge in [0, 0.05) is 24.2 Å². The number of rotatable bonds is 0. The van der Waals surface area contributed by atoms with Crippen molar-refractivity contribution in [2.75, 3.05) is 6.61 Å². The van der Waals surface area contributed by atoms with Gasteiger partial charge in [0.25, 0.3) is 0 Å². The van der Waals surface area contributed by atoms with Crippen LogP contribution in [0.15, 0.2) is 11.6 Å². The van der Waals surface area contributed by atoms with Crippen LogP contribution in [0.4, 0.5) is 0 Å². The highest BCUT2D eigenvalue weighted by molar-refractivity contribution is 5.28. The zero-order chi connectivity index (χ0) is 21.8. The summed E-state index contributed by atoms with van der Waals surface area (Å²) in [7, 11) is 0. The number of aliphatic hydroxyl groups excluding tert-OH is 2. The van der Waals surface area contributed by atoms with Crippen LogP contribution in [0, 0.1) is 46.3 Å². The Labute approximate surface area is 187 Å². The molecule has 0 aromatic carbocycles. The summed E-state index contributed by atoms with van der Waals surface area (Å²) in [4.78, 5) is 0. The Hall–Kier alpha value is -0.420. The summed E-state index contributed by atoms with van der Waals surface area (Å²) in [6.07, 6.45) is 10.2. The van der Waals surface area contributed by atoms with Gasteiger partial charge in [-0.3, -0.25) is 0 Å². The number of fused-ring (bicyclic) bond motifs is 7. The predicted molar refractivity (Wildman–Crippen MR) is 119 cm³/mol. The topological polar surface area (TPSA) is 58.9 Å². The van der Waals surface area contributed by atoms with Crippen LogP contribution >= 0.6 is 0 Å². The van der Waals surface area contributed by atoms with Crippen LogP contribution in [0.1, 0.15) is 79.1 Å². The van der Waals surface area contributed by atoms with E-state index in [1.807, 2.05) is 0 Å². The molecule has 12 atom stereocenters. The van der Waals surface area contributed by atoms with Crippen molar-refractivity contribution < 1.29 is 19.7 Å². The third-order valence-electron chi connectivity index (χ3n) is 11.4. The summed E-state index contributed by atoms with van der Waals surface area (Å²) in [6.45, 7) is 10.4. The van der Waals surface area contributed by atoms with Crippen molar-refractivity contribution in [3.05, 3.63) is 11.6 Å². The SMILES string of the molecule is C[C@@H]1CC[C@@]2(OC1)O[C@H]1C[C@H]3C4CC=C5C[C@H](O)C[C@@H](O)[C@]5(C)C4CC[C@]3(C)C1[C@@H]2C. The summed E-state index contributed by atoms with van der Waals surface area (Å²) in [5, 5.41) is 21.4. The minimum absolute atomic E-state index is 0.155. The van der Waals surface area contributed by atoms with E-state index >= 15 is 0 Å². The predicted octanol–water partition coefficient (Wildman–Crippen LogP) is 4.68. The fourth-order valence-electron chi connectivity index (χ4n) is 9.72. The molecule has 1 spiro atoms. The van der Waals surface area contributed by atoms with Gasteiger partial charge in [0.05, 0.1) is 24.9 Å². The van der Waals surface area contributed by atoms with Crippen LogP contribution in [0.25, 0.3) is 0 Å². The molecule has 5 fully saturated rings. The number of ether oxygens (including phenoxy) is 2. The van der Waals surface area contributed by atoms with E-state index in [9.17, 15) is 10.2 Å². The van der Waals surface area contributed by atoms with Crippen LogP contribution in [0.3, 0.4) is 0 Å². The maximum Gasteiger partial charge on any atom is 0.171 e. The van der Waals surface area contributed by atoms with Gasteiger partial charge in [0.15, 0.2) is 5.79 Å². The van der Waals surface area contributed by atoms with E-state index in [0.29, 0.717) is 53.4 Å². The molecule has 6 rings (SSSR count). The number of allylic oxidation sites excluding steroid dienone is 1. The molecule has 0 radical (unpaired) electrons. The molecule has 2 aliphatic heterocycles. The van der Waals surface area contributed by atoms with Crippen molar-refractivity contribution in [3.8, 4) is 0 Å². The first-order valence-electron chi connectivity index (χ1n) is 13.1. The van der Waals surface area contributed by atoms with E-state index in [4.69, 9.17) is 9.47 Å². The maximum absolute atomic E-state index is 11.1. The van der Waals surface area contributed by atoms with Crippen molar-refractivity contribution in [1.29, 1.82) is 0 Å². The van der Waals surface area contributed by atoms with Crippen molar-refractivity contribution in [1.82, 2.24) is 0 Å². The minimum atomic E-state index is -0.420. The maximum atomic E-state index is 11.1. The smallest absolute Gasteiger partial charge is 0.171 e. The van der Waals surface area contributed by atoms with E-state index in [2.05, 4.69) is 33.8 Å². The lowest BCUT2D eigenvalue weighted by atomic mass is 9.46. The van der Waals surface area contributed by atoms with Gasteiger partial charge in [-0.15, -0.1) is 0 Å². The van der Waals surface area contributed by atoms with Gasteiger partial charge in [-0.25, -0.2) is 0 Å². The second-order valence-corrected chi connectivity index (χ2v) is 12.8. The molecular weight excluding hydrogens is 388 g/mol. The standard InChI is InChI=1S/C27H42O4/c1-15-7-10-27(30-14-15)16(2)24-22(31-27)13-21-19-6-5-17-11-18(28)12-23(29)26(17,4)20(19)8-9-25(21,24)3/h5,15-16,18-24,28-29H,6-14H2,1-4H3/t15-,16+,18+,19?,20?,21+,22+,23-,24?,25+,26+,27-/m1/s1. The summed E-state index contributed by atoms with van der Waals surface area (Å²) in [5.74, 6) is 3.17. The second kappa shape index (κ2) is 6.81. The average molecular weight is 431 g/mol. The summed E-state index contributed by atoms with van der Waals surface area (Å²) < 4.78 is 13.3. The first-order valence-corrected chi connectivity index (χ1v) is 13.1. The summed E-state index contributed by atoms with van der Waals surface area (Å²) in [6, 6.07) is 0. The van der Waals surface area contributed by atoms with E-state index < -0.39 is 6.10 Å². The molecule has 2 heterocycles. The van der Waals surface area contributed by atoms with Crippen LogP contribution < -0.4 is 0 Å². The second-order valence-electron chi connectivity index (χ2n) is 12.8. The molecule has 174 valence electrons. The van der Waals surface area contributed by atoms with Gasteiger partial charge in [0.1, 0.15) is 0 Å². The Bertz CT molecular complexity index is 769. The van der Waals surface area contributed by atoms with Crippen LogP contribution in [-0.4, -0.2) is 40.9 Å². The molecule has 6 aliphatic rings. The molecule has 0 aromatic rings. The van der Waals surface area contributed by atoms with Crippen LogP contribution in [0.5, 0.6) is 0 Å². The molecule has 2 N–H and O–H groups in total. The van der Waals surface area contributed by atoms with Gasteiger partial charge in [-0.2, -0.15) is 0 Å². The van der Waals surface area contributed by atoms with Gasteiger partial charge >= 0.3 is 0 Å². The summed E-state index contributed by atoms with van der Waals surface area (Å²) in [5.41, 5.74) is 1.48. The highest BCUT2D eigenvalue weighted by Gasteiger charge is 2.69. The Kier molecular flexibility index (Phi) is 4.64. The molecule has 31 heavy (non-hydrogen) atoms. The monoisotopic (exact) mass is 430 g/mol. The fraction of sp³-hybridized carbons (Fsp3) is 0.926. The van der Waals surface area contributed by atoms with E-state index in [-0.39, 0.29) is 17.3 Å². The largest absolute Gasteiger partial charge is 0.393 e. The first-order chi connectivity index (χ1) is 14.7. The highest BCUT2D eigenvalue weighted by Crippen LogP contribution is 2.70. The zero-order valence-corrected chi connectivity index (χ0v) is 19.8. The molecule has 0 amide bonds. The molecule has 3 saturated carbocycles. The molecule has 0 aromatic heterocycles. The quantitative estimate of drug-likeness (QED) is 0.548. The van der Waals surface area contributed by atoms with Gasteiger partial charge in [0.2, 0.25) is 0 Å². The van der Waals surface area contributed by atoms with Crippen LogP contribution in [0.2, 0.25) is 0 Å². The summed E-state index contributed by atoms with van der Waals surface area (Å²) >= 11 is 0. The lowest BCUT2D eigenvalue weighted by Gasteiger charge is -2.59. The van der Waals surface area contributed by atoms with Crippen molar-refractivity contribution in [2.24, 2.45) is 46.3 Å². The van der Waals surface area contributed by atoms with Gasteiger partial charge in [-0.1, -0.05) is 39.3 Å². The third kappa shape index (κ3) is 2.68. The van der Waals surface area contributed by atoms with Crippen LogP contribution in [-0.2, 0) is 9.47 Å². The average Bonchev–Trinajstić information content (AvgIpc) is 3.16. The van der Waals surface area contributed by atoms with Crippen molar-refractivity contribution >= 4 is 0 Å². The van der Waals surface area contributed by atoms with Crippen molar-refractivity contribution in [2.45, 2.75) is 103 Å². The number of aliphatic hydroxyl groups is 2. The Morgan fingerprint density at radius 2 is 1.84 bits per heavy atom. The Balaban J connectivity index is 1.29. The van der Waals surface area contributed by atoms with Gasteiger partial charge < -0.3 is 19.7 Å². The fourth-order valence-corrected chi connectivity index (χ4v) is 9.72. The van der Waals surface area contributed by atoms with Crippen molar-refractivity contribution in [3.63, 3.8) is 0 Å². The Morgan fingerprint density at radius 3 is 2.58 bits per heavy atom. The minimum Gasteiger partial charge on any atom is -0.393 e. The third-order valence-corrected chi connectivity index (χ3v) is 11.4. The molecule has 4 heteroatoms. The highest BCUT2D eigenvalue weighted by atomic mass is 16.7. The normalized spacial score (nSPS) is 60.7. The van der Waals surface area contributed by atoms with E-state index in [1.54, 1.807) is 0 Å². The number of hydrogen-bond donors (Lipinski definition) is 2. The zero-order valence-electron chi connectivity index (χ0n) is 19.8. The van der Waals surface area contributed by atoms with E-state index in [1.165, 1.54) is 24.8 Å². The molecule has 4 nitrogen and oxygen atoms in total.